The first kappa shape index (κ1) is 14.8. The Morgan fingerprint density at radius 2 is 1.86 bits per heavy atom. The lowest BCUT2D eigenvalue weighted by molar-refractivity contribution is 0.0695. The Balaban J connectivity index is 3.02. The summed E-state index contributed by atoms with van der Waals surface area (Å²) in [6, 6.07) is 2.79. The van der Waals surface area contributed by atoms with E-state index in [9.17, 15) is 24.6 Å². The number of ketones is 1. The molecule has 0 saturated carbocycles. The van der Waals surface area contributed by atoms with Crippen LogP contribution in [0, 0.1) is 6.92 Å². The third kappa shape index (κ3) is 2.08. The third-order valence-electron chi connectivity index (χ3n) is 3.51. The van der Waals surface area contributed by atoms with Gasteiger partial charge in [-0.1, -0.05) is 6.92 Å². The minimum Gasteiger partial charge on any atom is -0.494 e. The Morgan fingerprint density at radius 3 is 2.33 bits per heavy atom. The molecule has 2 aromatic rings. The van der Waals surface area contributed by atoms with Crippen LogP contribution in [-0.2, 0) is 0 Å². The van der Waals surface area contributed by atoms with Gasteiger partial charge in [0.1, 0.15) is 0 Å². The number of carboxylic acid groups (broad SMARTS) is 1. The summed E-state index contributed by atoms with van der Waals surface area (Å²) < 4.78 is 1.02. The van der Waals surface area contributed by atoms with Crippen molar-refractivity contribution in [1.29, 1.82) is 0 Å². The van der Waals surface area contributed by atoms with Crippen molar-refractivity contribution >= 4 is 28.6 Å². The Labute approximate surface area is 120 Å². The number of aryl methyl sites for hydroxylation is 1. The van der Waals surface area contributed by atoms with Crippen LogP contribution in [0.1, 0.15) is 51.3 Å². The lowest BCUT2D eigenvalue weighted by atomic mass is 9.99. The zero-order valence-corrected chi connectivity index (χ0v) is 11.9. The Hall–Kier alpha value is -2.63. The average molecular weight is 289 g/mol. The molecule has 0 spiro atoms. The fraction of sp³-hybridized carbons (Fsp3) is 0.267. The molecule has 0 radical (unpaired) electrons. The molecular formula is C15H15NO5. The minimum atomic E-state index is -1.13. The van der Waals surface area contributed by atoms with Crippen LogP contribution in [0.3, 0.4) is 0 Å². The van der Waals surface area contributed by atoms with E-state index >= 15 is 0 Å². The van der Waals surface area contributed by atoms with Gasteiger partial charge in [-0.2, -0.15) is 0 Å². The molecule has 0 unspecified atom stereocenters. The normalized spacial score (nSPS) is 10.8. The number of carbonyl (C=O) groups excluding carboxylic acids is 2. The number of Topliss-reactive ketones (excluding diaryl/α,β-unsaturated/α-hetero) is 1. The molecule has 0 aliphatic rings. The lowest BCUT2D eigenvalue weighted by Gasteiger charge is -2.05. The highest BCUT2D eigenvalue weighted by molar-refractivity contribution is 6.15. The van der Waals surface area contributed by atoms with E-state index in [1.807, 2.05) is 0 Å². The van der Waals surface area contributed by atoms with Crippen molar-refractivity contribution in [3.8, 4) is 5.88 Å². The maximum Gasteiger partial charge on any atom is 0.335 e. The van der Waals surface area contributed by atoms with Gasteiger partial charge in [-0.05, 0) is 24.6 Å². The number of hydrogen-bond acceptors (Lipinski definition) is 4. The molecule has 6 nitrogen and oxygen atoms in total. The van der Waals surface area contributed by atoms with E-state index in [2.05, 4.69) is 0 Å². The van der Waals surface area contributed by atoms with Crippen molar-refractivity contribution in [1.82, 2.24) is 4.57 Å². The van der Waals surface area contributed by atoms with Crippen molar-refractivity contribution < 1.29 is 24.6 Å². The number of fused-ring (bicyclic) bond motifs is 1. The second kappa shape index (κ2) is 5.05. The molecule has 21 heavy (non-hydrogen) atoms. The quantitative estimate of drug-likeness (QED) is 0.846. The van der Waals surface area contributed by atoms with Crippen molar-refractivity contribution in [3.63, 3.8) is 0 Å². The van der Waals surface area contributed by atoms with Gasteiger partial charge in [0.05, 0.1) is 16.6 Å². The van der Waals surface area contributed by atoms with Gasteiger partial charge in [0.2, 0.25) is 11.8 Å². The first-order chi connectivity index (χ1) is 9.81. The van der Waals surface area contributed by atoms with Gasteiger partial charge < -0.3 is 10.2 Å². The van der Waals surface area contributed by atoms with E-state index < -0.39 is 17.8 Å². The molecule has 1 aromatic carbocycles. The highest BCUT2D eigenvalue weighted by Crippen LogP contribution is 2.35. The van der Waals surface area contributed by atoms with E-state index in [1.165, 1.54) is 19.1 Å². The molecule has 0 aliphatic carbocycles. The summed E-state index contributed by atoms with van der Waals surface area (Å²) in [4.78, 5) is 35.0. The first-order valence-corrected chi connectivity index (χ1v) is 6.45. The first-order valence-electron chi connectivity index (χ1n) is 6.45. The molecule has 2 N–H and O–H groups in total. The second-order valence-electron chi connectivity index (χ2n) is 4.77. The molecule has 0 fully saturated rings. The van der Waals surface area contributed by atoms with Gasteiger partial charge in [0.25, 0.3) is 0 Å². The van der Waals surface area contributed by atoms with E-state index in [4.69, 9.17) is 0 Å². The second-order valence-corrected chi connectivity index (χ2v) is 4.77. The monoisotopic (exact) mass is 289 g/mol. The largest absolute Gasteiger partial charge is 0.494 e. The van der Waals surface area contributed by atoms with Crippen LogP contribution in [-0.4, -0.2) is 32.4 Å². The SMILES string of the molecule is CCC(=O)c1c(O)n(C(C)=O)c2ccc(C(=O)O)c(C)c12. The molecule has 1 heterocycles. The number of nitrogens with zero attached hydrogens (tertiary/aromatic N) is 1. The number of carbonyl (C=O) groups is 3. The van der Waals surface area contributed by atoms with Gasteiger partial charge in [-0.25, -0.2) is 4.79 Å². The summed E-state index contributed by atoms with van der Waals surface area (Å²) in [7, 11) is 0. The summed E-state index contributed by atoms with van der Waals surface area (Å²) in [5.41, 5.74) is 0.725. The fourth-order valence-corrected chi connectivity index (χ4v) is 2.53. The number of aromatic carboxylic acids is 1. The van der Waals surface area contributed by atoms with Crippen LogP contribution in [0.15, 0.2) is 12.1 Å². The number of aromatic hydroxyl groups is 1. The maximum atomic E-state index is 12.1. The molecule has 0 bridgehead atoms. The van der Waals surface area contributed by atoms with Gasteiger partial charge in [-0.3, -0.25) is 14.2 Å². The Kier molecular flexibility index (Phi) is 3.55. The number of hydrogen-bond donors (Lipinski definition) is 2. The summed E-state index contributed by atoms with van der Waals surface area (Å²) in [5, 5.41) is 19.7. The van der Waals surface area contributed by atoms with Crippen molar-refractivity contribution in [3.05, 3.63) is 28.8 Å². The average Bonchev–Trinajstić information content (AvgIpc) is 2.71. The van der Waals surface area contributed by atoms with E-state index in [-0.39, 0.29) is 23.3 Å². The third-order valence-corrected chi connectivity index (χ3v) is 3.51. The minimum absolute atomic E-state index is 0.00306. The van der Waals surface area contributed by atoms with E-state index in [0.29, 0.717) is 16.5 Å². The molecule has 0 atom stereocenters. The zero-order chi connectivity index (χ0) is 15.9. The number of aromatic nitrogens is 1. The molecule has 0 saturated heterocycles. The van der Waals surface area contributed by atoms with Crippen LogP contribution in [0.25, 0.3) is 10.9 Å². The van der Waals surface area contributed by atoms with Gasteiger partial charge in [-0.15, -0.1) is 0 Å². The van der Waals surface area contributed by atoms with Gasteiger partial charge in [0, 0.05) is 18.7 Å². The molecule has 110 valence electrons. The van der Waals surface area contributed by atoms with Crippen LogP contribution in [0.5, 0.6) is 5.88 Å². The molecular weight excluding hydrogens is 274 g/mol. The molecule has 0 aliphatic heterocycles. The molecule has 6 heteroatoms. The number of carboxylic acids is 1. The molecule has 0 amide bonds. The van der Waals surface area contributed by atoms with Gasteiger partial charge >= 0.3 is 5.97 Å². The van der Waals surface area contributed by atoms with Crippen LogP contribution in [0.2, 0.25) is 0 Å². The van der Waals surface area contributed by atoms with Crippen molar-refractivity contribution in [2.24, 2.45) is 0 Å². The topological polar surface area (TPSA) is 96.6 Å². The lowest BCUT2D eigenvalue weighted by Crippen LogP contribution is -2.05. The van der Waals surface area contributed by atoms with Gasteiger partial charge in [0.15, 0.2) is 5.78 Å². The summed E-state index contributed by atoms with van der Waals surface area (Å²) in [6.45, 7) is 4.46. The molecule has 2 rings (SSSR count). The zero-order valence-electron chi connectivity index (χ0n) is 11.9. The summed E-state index contributed by atoms with van der Waals surface area (Å²) in [5.74, 6) is -2.35. The Bertz CT molecular complexity index is 785. The standard InChI is InChI=1S/C15H15NO5/c1-4-11(18)13-12-7(2)9(15(20)21)5-6-10(12)16(8(3)17)14(13)19/h5-6,19H,4H2,1-3H3,(H,20,21). The van der Waals surface area contributed by atoms with Crippen LogP contribution in [0.4, 0.5) is 0 Å². The number of rotatable bonds is 3. The van der Waals surface area contributed by atoms with E-state index in [1.54, 1.807) is 13.8 Å². The Morgan fingerprint density at radius 1 is 1.24 bits per heavy atom. The predicted molar refractivity (Wildman–Crippen MR) is 76.2 cm³/mol. The van der Waals surface area contributed by atoms with E-state index in [0.717, 1.165) is 4.57 Å². The van der Waals surface area contributed by atoms with Crippen molar-refractivity contribution in [2.75, 3.05) is 0 Å². The smallest absolute Gasteiger partial charge is 0.335 e. The molecule has 1 aromatic heterocycles. The highest BCUT2D eigenvalue weighted by Gasteiger charge is 2.26. The predicted octanol–water partition coefficient (Wildman–Crippen LogP) is 2.61. The van der Waals surface area contributed by atoms with Crippen LogP contribution >= 0.6 is 0 Å². The summed E-state index contributed by atoms with van der Waals surface area (Å²) in [6.07, 6.45) is 0.140. The maximum absolute atomic E-state index is 12.1. The van der Waals surface area contributed by atoms with Crippen LogP contribution < -0.4 is 0 Å². The summed E-state index contributed by atoms with van der Waals surface area (Å²) >= 11 is 0. The fourth-order valence-electron chi connectivity index (χ4n) is 2.53. The number of benzene rings is 1. The van der Waals surface area contributed by atoms with Crippen molar-refractivity contribution in [2.45, 2.75) is 27.2 Å². The highest BCUT2D eigenvalue weighted by atomic mass is 16.4.